The van der Waals surface area contributed by atoms with Crippen molar-refractivity contribution in [2.75, 3.05) is 68.8 Å². The van der Waals surface area contributed by atoms with E-state index in [0.29, 0.717) is 42.2 Å². The fourth-order valence-electron chi connectivity index (χ4n) is 14.3. The number of aromatic hydroxyl groups is 1. The van der Waals surface area contributed by atoms with Gasteiger partial charge < -0.3 is 44.8 Å². The number of phenols is 1. The largest absolute Gasteiger partial charge is 0.508 e. The van der Waals surface area contributed by atoms with Gasteiger partial charge in [0.15, 0.2) is 11.6 Å². The van der Waals surface area contributed by atoms with Gasteiger partial charge in [0.2, 0.25) is 11.8 Å². The number of piperidine rings is 1. The number of aromatic nitrogens is 5. The van der Waals surface area contributed by atoms with Gasteiger partial charge in [-0.1, -0.05) is 68.4 Å². The van der Waals surface area contributed by atoms with Gasteiger partial charge in [0.05, 0.1) is 44.8 Å². The van der Waals surface area contributed by atoms with Gasteiger partial charge in [-0.25, -0.2) is 4.98 Å². The van der Waals surface area contributed by atoms with Crippen molar-refractivity contribution < 1.29 is 29.1 Å². The first-order valence-electron chi connectivity index (χ1n) is 29.5. The smallest absolute Gasteiger partial charge is 0.319 e. The van der Waals surface area contributed by atoms with Crippen molar-refractivity contribution in [2.45, 2.75) is 122 Å². The molecule has 81 heavy (non-hydrogen) atoms. The normalized spacial score (nSPS) is 23.4. The van der Waals surface area contributed by atoms with Crippen LogP contribution in [-0.2, 0) is 9.59 Å². The third kappa shape index (κ3) is 10.3. The van der Waals surface area contributed by atoms with E-state index in [-0.39, 0.29) is 54.4 Å². The monoisotopic (exact) mass is 1110 g/mol. The number of phenolic OH excluding ortho intramolecular Hbond substituents is 1. The second kappa shape index (κ2) is 21.9. The molecule has 13 rings (SSSR count). The molecule has 9 heterocycles. The molecule has 5 aliphatic heterocycles. The Balaban J connectivity index is 0.620. The number of nitrogens with zero attached hydrogens (tertiary/aromatic N) is 9. The molecule has 2 amide bonds. The minimum Gasteiger partial charge on any atom is -0.508 e. The Morgan fingerprint density at radius 1 is 0.926 bits per heavy atom. The molecule has 0 radical (unpaired) electrons. The van der Waals surface area contributed by atoms with E-state index >= 15 is 0 Å². The minimum absolute atomic E-state index is 0.0205. The molecule has 3 aromatic carbocycles. The molecule has 4 N–H and O–H groups in total. The molecular formula is C63H75N11O6S. The molecule has 17 nitrogen and oxygen atoms in total. The summed E-state index contributed by atoms with van der Waals surface area (Å²) in [4.78, 5) is 58.2. The van der Waals surface area contributed by atoms with Gasteiger partial charge in [0, 0.05) is 80.5 Å². The molecule has 8 atom stereocenters. The van der Waals surface area contributed by atoms with Crippen LogP contribution in [0.25, 0.3) is 43.4 Å². The Bertz CT molecular complexity index is 3480. The Hall–Kier alpha value is -6.73. The van der Waals surface area contributed by atoms with E-state index in [1.54, 1.807) is 11.3 Å². The molecule has 5 fully saturated rings. The van der Waals surface area contributed by atoms with Crippen LogP contribution >= 0.6 is 11.3 Å². The number of nitrogens with one attached hydrogen (secondary N) is 2. The molecule has 6 aliphatic rings. The lowest BCUT2D eigenvalue weighted by Crippen LogP contribution is -2.49. The highest BCUT2D eigenvalue weighted by atomic mass is 32.1. The molecule has 424 valence electrons. The summed E-state index contributed by atoms with van der Waals surface area (Å²) in [6.07, 6.45) is 7.01. The SMILES string of the molecule is Cc1ncsc1-c1ccc([C@H](C)NC(=O)[C@@H]2C[C@@H](O)CN2C(=O)[C@H](c2cc(N3CC(CC4CCN([C@H](C)COc5nc(N6CCC7CNC(C7)C6)c6cnc7c(c6n5)C(C)c5cccc6cc(O)cc-7c56)CC4)C3)no2)C(C)C)cc1. The van der Waals surface area contributed by atoms with Gasteiger partial charge in [0.25, 0.3) is 0 Å². The standard InChI is InChI=1S/C63H75N11O6S/c1-34(2)54(62(78)74-31-47(76)24-51(74)61(77)67-37(5)42-10-12-43(13-11-42)59-38(6)66-33-81-59)52-25-53(70-80-52)73-28-41(29-73)20-39-14-17-71(18-15-39)35(3)32-79-63-68-58-50(60(69-63)72-19-16-40-21-45(30-72)64-26-40)27-65-57-49-23-46(75)22-44-8-7-9-48(56(44)49)36(4)55(57)58/h7-13,22-23,25,27,33-37,39-41,45,47,51,54,64,75-76H,14-21,24,26,28-32H2,1-6H3,(H,67,77)/t35-,36?,37+,40?,45?,47-,51+,54+/m1/s1. The van der Waals surface area contributed by atoms with E-state index < -0.39 is 18.1 Å². The highest BCUT2D eigenvalue weighted by molar-refractivity contribution is 7.13. The predicted molar refractivity (Wildman–Crippen MR) is 315 cm³/mol. The molecule has 4 aromatic heterocycles. The fraction of sp³-hybridized carbons (Fsp3) is 0.508. The summed E-state index contributed by atoms with van der Waals surface area (Å²) >= 11 is 1.60. The topological polar surface area (TPSA) is 198 Å². The summed E-state index contributed by atoms with van der Waals surface area (Å²) < 4.78 is 12.6. The molecule has 5 saturated heterocycles. The number of thiazole rings is 1. The zero-order chi connectivity index (χ0) is 55.8. The zero-order valence-corrected chi connectivity index (χ0v) is 48.2. The number of hydrogen-bond acceptors (Lipinski definition) is 16. The second-order valence-electron chi connectivity index (χ2n) is 24.7. The third-order valence-electron chi connectivity index (χ3n) is 18.8. The van der Waals surface area contributed by atoms with Crippen molar-refractivity contribution in [3.05, 3.63) is 101 Å². The van der Waals surface area contributed by atoms with Gasteiger partial charge in [-0.3, -0.25) is 19.5 Å². The lowest BCUT2D eigenvalue weighted by atomic mass is 9.79. The van der Waals surface area contributed by atoms with E-state index in [9.17, 15) is 19.8 Å². The lowest BCUT2D eigenvalue weighted by molar-refractivity contribution is -0.141. The summed E-state index contributed by atoms with van der Waals surface area (Å²) in [6.45, 7) is 19.6. The number of anilines is 2. The van der Waals surface area contributed by atoms with Crippen molar-refractivity contribution in [3.8, 4) is 33.5 Å². The number of rotatable bonds is 15. The highest BCUT2D eigenvalue weighted by Gasteiger charge is 2.44. The average molecular weight is 1110 g/mol. The maximum Gasteiger partial charge on any atom is 0.319 e. The van der Waals surface area contributed by atoms with Crippen LogP contribution in [-0.4, -0.2) is 140 Å². The fourth-order valence-corrected chi connectivity index (χ4v) is 15.1. The predicted octanol–water partition coefficient (Wildman–Crippen LogP) is 9.21. The van der Waals surface area contributed by atoms with Crippen LogP contribution in [0.15, 0.2) is 76.9 Å². The van der Waals surface area contributed by atoms with E-state index in [4.69, 9.17) is 24.2 Å². The first-order chi connectivity index (χ1) is 39.2. The number of benzene rings is 3. The Labute approximate surface area is 477 Å². The average Bonchev–Trinajstić information content (AvgIpc) is 4.46. The molecule has 3 unspecified atom stereocenters. The number of amides is 2. The number of carbonyl (C=O) groups is 2. The molecule has 7 aromatic rings. The maximum atomic E-state index is 14.4. The van der Waals surface area contributed by atoms with Crippen molar-refractivity contribution in [1.82, 2.24) is 45.5 Å². The van der Waals surface area contributed by atoms with Crippen LogP contribution in [0, 0.1) is 30.6 Å². The molecular weight excluding hydrogens is 1040 g/mol. The second-order valence-corrected chi connectivity index (χ2v) is 25.5. The van der Waals surface area contributed by atoms with E-state index in [2.05, 4.69) is 67.5 Å². The number of hydrogen-bond donors (Lipinski definition) is 4. The summed E-state index contributed by atoms with van der Waals surface area (Å²) in [6, 6.07) is 19.9. The maximum absolute atomic E-state index is 14.4. The summed E-state index contributed by atoms with van der Waals surface area (Å²) in [5.74, 6) is 2.88. The van der Waals surface area contributed by atoms with Crippen LogP contribution < -0.4 is 25.2 Å². The van der Waals surface area contributed by atoms with E-state index in [1.807, 2.05) is 81.9 Å². The van der Waals surface area contributed by atoms with Crippen LogP contribution in [0.1, 0.15) is 119 Å². The number of pyridine rings is 1. The van der Waals surface area contributed by atoms with Gasteiger partial charge in [-0.15, -0.1) is 11.3 Å². The van der Waals surface area contributed by atoms with Gasteiger partial charge in [-0.2, -0.15) is 9.97 Å². The van der Waals surface area contributed by atoms with Crippen LogP contribution in [0.4, 0.5) is 11.6 Å². The number of aliphatic hydroxyl groups is 1. The minimum atomic E-state index is -0.806. The molecule has 0 spiro atoms. The van der Waals surface area contributed by atoms with Crippen molar-refractivity contribution in [1.29, 1.82) is 0 Å². The number of likely N-dealkylation sites (tertiary alicyclic amines) is 2. The van der Waals surface area contributed by atoms with E-state index in [1.165, 1.54) is 16.9 Å². The Morgan fingerprint density at radius 3 is 2.52 bits per heavy atom. The summed E-state index contributed by atoms with van der Waals surface area (Å²) in [5.41, 5.74) is 9.76. The van der Waals surface area contributed by atoms with Crippen molar-refractivity contribution in [3.63, 3.8) is 0 Å². The van der Waals surface area contributed by atoms with E-state index in [0.717, 1.165) is 143 Å². The molecule has 2 bridgehead atoms. The third-order valence-corrected chi connectivity index (χ3v) is 19.8. The molecule has 0 saturated carbocycles. The summed E-state index contributed by atoms with van der Waals surface area (Å²) in [7, 11) is 0. The van der Waals surface area contributed by atoms with Gasteiger partial charge in [-0.05, 0) is 136 Å². The quantitative estimate of drug-likeness (QED) is 0.0757. The summed E-state index contributed by atoms with van der Waals surface area (Å²) in [5, 5.41) is 36.1. The first-order valence-corrected chi connectivity index (χ1v) is 30.4. The van der Waals surface area contributed by atoms with Crippen molar-refractivity contribution in [2.24, 2.45) is 23.7 Å². The number of aryl methyl sites for hydroxylation is 1. The zero-order valence-electron chi connectivity index (χ0n) is 47.3. The van der Waals surface area contributed by atoms with Gasteiger partial charge >= 0.3 is 6.01 Å². The van der Waals surface area contributed by atoms with Crippen LogP contribution in [0.3, 0.4) is 0 Å². The lowest BCUT2D eigenvalue weighted by Gasteiger charge is -2.43. The van der Waals surface area contributed by atoms with Crippen molar-refractivity contribution >= 4 is 56.5 Å². The number of aliphatic hydroxyl groups excluding tert-OH is 1. The first kappa shape index (κ1) is 53.6. The van der Waals surface area contributed by atoms with Crippen LogP contribution in [0.2, 0.25) is 0 Å². The highest BCUT2D eigenvalue weighted by Crippen LogP contribution is 2.49. The Kier molecular flexibility index (Phi) is 14.5. The number of fused-ring (bicyclic) bond motifs is 6. The molecule has 1 aliphatic carbocycles. The van der Waals surface area contributed by atoms with Crippen LogP contribution in [0.5, 0.6) is 11.8 Å². The number of carbonyl (C=O) groups excluding carboxylic acids is 2. The van der Waals surface area contributed by atoms with Gasteiger partial charge in [0.1, 0.15) is 30.1 Å². The number of β-amino-alcohol motifs (C(OH)–C–C–N with tert-alkyl or cyclic N) is 1. The molecule has 18 heteroatoms. The Morgan fingerprint density at radius 2 is 1.74 bits per heavy atom. The number of ether oxygens (including phenoxy) is 1.